The van der Waals surface area contributed by atoms with Crippen LogP contribution < -0.4 is 0 Å². The summed E-state index contributed by atoms with van der Waals surface area (Å²) in [5.41, 5.74) is 0. The van der Waals surface area contributed by atoms with Gasteiger partial charge in [-0.1, -0.05) is 0 Å². The van der Waals surface area contributed by atoms with Crippen molar-refractivity contribution in [2.45, 2.75) is 32.4 Å². The van der Waals surface area contributed by atoms with Crippen LogP contribution in [0.4, 0.5) is 18.0 Å². The second kappa shape index (κ2) is 5.55. The van der Waals surface area contributed by atoms with Crippen molar-refractivity contribution >= 4 is 12.1 Å². The molecule has 1 rings (SSSR count). The lowest BCUT2D eigenvalue weighted by Crippen LogP contribution is -2.58. The van der Waals surface area contributed by atoms with Crippen LogP contribution in [0, 0.1) is 0 Å². The molecule has 1 heterocycles. The van der Waals surface area contributed by atoms with Crippen LogP contribution in [-0.2, 0) is 14.4 Å². The van der Waals surface area contributed by atoms with Crippen LogP contribution in [-0.4, -0.2) is 42.6 Å². The Balaban J connectivity index is 2.84. The fourth-order valence-corrected chi connectivity index (χ4v) is 1.79. The zero-order valence-electron chi connectivity index (χ0n) is 9.96. The zero-order valence-corrected chi connectivity index (χ0v) is 9.96. The number of amides is 1. The summed E-state index contributed by atoms with van der Waals surface area (Å²) in [4.78, 5) is 26.9. The molecule has 1 aliphatic rings. The van der Waals surface area contributed by atoms with Crippen LogP contribution in [0.1, 0.15) is 26.2 Å². The second-order valence-corrected chi connectivity index (χ2v) is 3.97. The Morgan fingerprint density at radius 3 is 2.17 bits per heavy atom. The monoisotopic (exact) mass is 270 g/mol. The number of halogens is 3. The van der Waals surface area contributed by atoms with Gasteiger partial charge < -0.3 is 4.74 Å². The van der Waals surface area contributed by atoms with Gasteiger partial charge in [-0.25, -0.2) is 4.79 Å². The lowest BCUT2D eigenvalue weighted by atomic mass is 10.1. The molecule has 0 aliphatic carbocycles. The Bertz CT molecular complexity index is 324. The van der Waals surface area contributed by atoms with Gasteiger partial charge in [0.1, 0.15) is 13.1 Å². The number of ether oxygens (including phenoxy) is 1. The van der Waals surface area contributed by atoms with Gasteiger partial charge in [0.25, 0.3) is 0 Å². The molecule has 104 valence electrons. The molecule has 1 fully saturated rings. The van der Waals surface area contributed by atoms with Gasteiger partial charge >= 0.3 is 18.2 Å². The highest BCUT2D eigenvalue weighted by molar-refractivity contribution is 5.75. The molecule has 0 unspecified atom stereocenters. The lowest BCUT2D eigenvalue weighted by molar-refractivity contribution is -1.03. The molecule has 0 aromatic carbocycles. The normalized spacial score (nSPS) is 19.1. The SMILES string of the molecule is CCOC(=O)[N+]1(OC(=O)C(F)(F)F)CCCCC1. The molecular formula is C10H15F3NO4+. The van der Waals surface area contributed by atoms with E-state index in [1.807, 2.05) is 0 Å². The average Bonchev–Trinajstić information content (AvgIpc) is 2.29. The summed E-state index contributed by atoms with van der Waals surface area (Å²) < 4.78 is 40.2. The first-order chi connectivity index (χ1) is 8.32. The van der Waals surface area contributed by atoms with Crippen LogP contribution in [0.15, 0.2) is 0 Å². The molecule has 0 aromatic heterocycles. The largest absolute Gasteiger partial charge is 0.559 e. The molecule has 0 N–H and O–H groups in total. The quantitative estimate of drug-likeness (QED) is 0.685. The van der Waals surface area contributed by atoms with Crippen molar-refractivity contribution in [1.29, 1.82) is 0 Å². The minimum absolute atomic E-state index is 0.0145. The summed E-state index contributed by atoms with van der Waals surface area (Å²) in [7, 11) is 0. The first kappa shape index (κ1) is 14.7. The second-order valence-electron chi connectivity index (χ2n) is 3.97. The summed E-state index contributed by atoms with van der Waals surface area (Å²) >= 11 is 0. The maximum Gasteiger partial charge on any atom is 0.559 e. The number of carbonyl (C=O) groups is 2. The molecule has 0 bridgehead atoms. The molecule has 1 saturated heterocycles. The summed E-state index contributed by atoms with van der Waals surface area (Å²) in [5.74, 6) is -2.36. The van der Waals surface area contributed by atoms with E-state index in [2.05, 4.69) is 9.57 Å². The smallest absolute Gasteiger partial charge is 0.417 e. The first-order valence-electron chi connectivity index (χ1n) is 5.67. The highest BCUT2D eigenvalue weighted by atomic mass is 19.4. The van der Waals surface area contributed by atoms with Crippen molar-refractivity contribution in [2.75, 3.05) is 19.7 Å². The number of likely N-dealkylation sites (tertiary alicyclic amines) is 1. The van der Waals surface area contributed by atoms with E-state index in [-0.39, 0.29) is 19.7 Å². The number of alkyl halides is 3. The van der Waals surface area contributed by atoms with Gasteiger partial charge in [-0.2, -0.15) is 18.0 Å². The van der Waals surface area contributed by atoms with Gasteiger partial charge in [-0.15, -0.1) is 0 Å². The standard InChI is InChI=1S/C10H15F3NO4/c1-2-17-9(16)14(6-4-3-5-7-14)18-8(15)10(11,12)13/h2-7H2,1H3/q+1. The number of hydroxylamine groups is 3. The van der Waals surface area contributed by atoms with Crippen molar-refractivity contribution in [1.82, 2.24) is 0 Å². The summed E-state index contributed by atoms with van der Waals surface area (Å²) in [6, 6.07) is 0. The molecule has 1 aliphatic heterocycles. The Hall–Kier alpha value is -1.31. The number of rotatable bonds is 1. The Labute approximate surface area is 102 Å². The fourth-order valence-electron chi connectivity index (χ4n) is 1.79. The molecule has 0 saturated carbocycles. The lowest BCUT2D eigenvalue weighted by Gasteiger charge is -2.33. The van der Waals surface area contributed by atoms with E-state index in [1.54, 1.807) is 0 Å². The molecule has 0 atom stereocenters. The van der Waals surface area contributed by atoms with E-state index < -0.39 is 22.9 Å². The maximum absolute atomic E-state index is 12.2. The molecular weight excluding hydrogens is 255 g/mol. The number of piperidine rings is 1. The van der Waals surface area contributed by atoms with Gasteiger partial charge in [0.2, 0.25) is 0 Å². The topological polar surface area (TPSA) is 52.6 Å². The highest BCUT2D eigenvalue weighted by Gasteiger charge is 2.52. The summed E-state index contributed by atoms with van der Waals surface area (Å²) in [6.07, 6.45) is -4.28. The van der Waals surface area contributed by atoms with Gasteiger partial charge in [-0.05, 0) is 18.0 Å². The molecule has 0 aromatic rings. The van der Waals surface area contributed by atoms with Crippen LogP contribution in [0.3, 0.4) is 0 Å². The van der Waals surface area contributed by atoms with Crippen molar-refractivity contribution in [3.63, 3.8) is 0 Å². The number of hydrogen-bond donors (Lipinski definition) is 0. The summed E-state index contributed by atoms with van der Waals surface area (Å²) in [6.45, 7) is 1.58. The fraction of sp³-hybridized carbons (Fsp3) is 0.800. The van der Waals surface area contributed by atoms with Gasteiger partial charge in [0.05, 0.1) is 6.61 Å². The van der Waals surface area contributed by atoms with E-state index >= 15 is 0 Å². The minimum Gasteiger partial charge on any atom is -0.417 e. The van der Waals surface area contributed by atoms with Crippen molar-refractivity contribution in [3.05, 3.63) is 0 Å². The van der Waals surface area contributed by atoms with Crippen molar-refractivity contribution < 1.29 is 37.0 Å². The van der Waals surface area contributed by atoms with Crippen LogP contribution in [0.5, 0.6) is 0 Å². The maximum atomic E-state index is 12.2. The Morgan fingerprint density at radius 2 is 1.72 bits per heavy atom. The van der Waals surface area contributed by atoms with E-state index in [4.69, 9.17) is 0 Å². The van der Waals surface area contributed by atoms with Gasteiger partial charge in [0, 0.05) is 12.8 Å². The van der Waals surface area contributed by atoms with Gasteiger partial charge in [-0.3, -0.25) is 4.84 Å². The predicted octanol–water partition coefficient (Wildman–Crippen LogP) is 2.16. The molecule has 8 heteroatoms. The van der Waals surface area contributed by atoms with E-state index in [0.717, 1.165) is 6.42 Å². The number of carbonyl (C=O) groups excluding carboxylic acids is 2. The highest BCUT2D eigenvalue weighted by Crippen LogP contribution is 2.26. The number of nitrogens with zero attached hydrogens (tertiary/aromatic N) is 1. The van der Waals surface area contributed by atoms with Crippen molar-refractivity contribution in [3.8, 4) is 0 Å². The van der Waals surface area contributed by atoms with Crippen LogP contribution in [0.25, 0.3) is 0 Å². The number of hydrogen-bond acceptors (Lipinski definition) is 4. The predicted molar refractivity (Wildman–Crippen MR) is 53.0 cm³/mol. The molecule has 0 radical (unpaired) electrons. The number of quaternary nitrogens is 1. The van der Waals surface area contributed by atoms with E-state index in [9.17, 15) is 22.8 Å². The van der Waals surface area contributed by atoms with Crippen LogP contribution in [0.2, 0.25) is 0 Å². The Kier molecular flexibility index (Phi) is 4.55. The van der Waals surface area contributed by atoms with Gasteiger partial charge in [0.15, 0.2) is 0 Å². The summed E-state index contributed by atoms with van der Waals surface area (Å²) in [5, 5.41) is 0. The third-order valence-electron chi connectivity index (χ3n) is 2.63. The molecule has 5 nitrogen and oxygen atoms in total. The third kappa shape index (κ3) is 3.34. The minimum atomic E-state index is -5.12. The molecule has 18 heavy (non-hydrogen) atoms. The van der Waals surface area contributed by atoms with Crippen molar-refractivity contribution in [2.24, 2.45) is 0 Å². The van der Waals surface area contributed by atoms with Crippen LogP contribution >= 0.6 is 0 Å². The molecule has 0 spiro atoms. The Morgan fingerprint density at radius 1 is 1.17 bits per heavy atom. The third-order valence-corrected chi connectivity index (χ3v) is 2.63. The zero-order chi connectivity index (χ0) is 13.8. The first-order valence-corrected chi connectivity index (χ1v) is 5.67. The molecule has 1 amide bonds. The van der Waals surface area contributed by atoms with E-state index in [0.29, 0.717) is 12.8 Å². The average molecular weight is 270 g/mol. The van der Waals surface area contributed by atoms with E-state index in [1.165, 1.54) is 6.92 Å².